The number of nitrogens with one attached hydrogen (secondary N) is 1. The van der Waals surface area contributed by atoms with Crippen LogP contribution in [0.5, 0.6) is 0 Å². The van der Waals surface area contributed by atoms with E-state index in [1.165, 1.54) is 6.07 Å². The van der Waals surface area contributed by atoms with E-state index < -0.39 is 5.82 Å². The Balaban J connectivity index is 1.51. The molecule has 1 aromatic rings. The van der Waals surface area contributed by atoms with E-state index in [0.717, 1.165) is 38.6 Å². The number of carbonyl (C=O) groups is 2. The monoisotopic (exact) mass is 347 g/mol. The zero-order valence-electron chi connectivity index (χ0n) is 14.7. The number of amides is 2. The number of likely N-dealkylation sites (N-methyl/N-ethyl adjacent to an activating group) is 1. The lowest BCUT2D eigenvalue weighted by molar-refractivity contribution is -0.140. The van der Waals surface area contributed by atoms with Gasteiger partial charge in [0.1, 0.15) is 5.82 Å². The summed E-state index contributed by atoms with van der Waals surface area (Å²) in [6.45, 7) is 1.74. The van der Waals surface area contributed by atoms with Crippen LogP contribution in [-0.4, -0.2) is 54.3 Å². The fourth-order valence-corrected chi connectivity index (χ4v) is 3.57. The van der Waals surface area contributed by atoms with E-state index >= 15 is 0 Å². The first-order chi connectivity index (χ1) is 12.0. The Morgan fingerprint density at radius 1 is 1.24 bits per heavy atom. The van der Waals surface area contributed by atoms with E-state index in [9.17, 15) is 14.0 Å². The van der Waals surface area contributed by atoms with E-state index in [0.29, 0.717) is 6.54 Å². The second-order valence-electron chi connectivity index (χ2n) is 7.14. The fourth-order valence-electron chi connectivity index (χ4n) is 3.57. The van der Waals surface area contributed by atoms with Gasteiger partial charge in [-0.2, -0.15) is 0 Å². The van der Waals surface area contributed by atoms with Crippen molar-refractivity contribution in [1.29, 1.82) is 0 Å². The Kier molecular flexibility index (Phi) is 5.68. The van der Waals surface area contributed by atoms with Crippen LogP contribution in [0.4, 0.5) is 10.1 Å². The molecule has 1 aliphatic carbocycles. The maximum atomic E-state index is 13.6. The van der Waals surface area contributed by atoms with Crippen molar-refractivity contribution in [1.82, 2.24) is 9.80 Å². The van der Waals surface area contributed by atoms with Crippen LogP contribution in [0.15, 0.2) is 24.3 Å². The van der Waals surface area contributed by atoms with Crippen LogP contribution in [0.1, 0.15) is 32.1 Å². The Morgan fingerprint density at radius 2 is 2.00 bits per heavy atom. The van der Waals surface area contributed by atoms with Crippen LogP contribution in [0, 0.1) is 11.7 Å². The smallest absolute Gasteiger partial charge is 0.238 e. The number of nitrogens with zero attached hydrogens (tertiary/aromatic N) is 2. The van der Waals surface area contributed by atoms with Crippen molar-refractivity contribution >= 4 is 17.5 Å². The van der Waals surface area contributed by atoms with E-state index in [2.05, 4.69) is 10.2 Å². The van der Waals surface area contributed by atoms with E-state index in [4.69, 9.17) is 0 Å². The average molecular weight is 347 g/mol. The summed E-state index contributed by atoms with van der Waals surface area (Å²) >= 11 is 0. The molecule has 2 aliphatic rings. The average Bonchev–Trinajstić information content (AvgIpc) is 2.55. The molecule has 1 saturated heterocycles. The van der Waals surface area contributed by atoms with Crippen LogP contribution in [-0.2, 0) is 9.59 Å². The predicted molar refractivity (Wildman–Crippen MR) is 94.6 cm³/mol. The van der Waals surface area contributed by atoms with Gasteiger partial charge >= 0.3 is 0 Å². The lowest BCUT2D eigenvalue weighted by atomic mass is 9.84. The van der Waals surface area contributed by atoms with Gasteiger partial charge in [0.15, 0.2) is 0 Å². The molecule has 25 heavy (non-hydrogen) atoms. The number of likely N-dealkylation sites (tertiary alicyclic amines) is 1. The summed E-state index contributed by atoms with van der Waals surface area (Å²) < 4.78 is 13.6. The molecule has 0 aromatic heterocycles. The number of piperidine rings is 1. The highest BCUT2D eigenvalue weighted by Crippen LogP contribution is 2.29. The molecule has 1 N–H and O–H groups in total. The largest absolute Gasteiger partial charge is 0.341 e. The van der Waals surface area contributed by atoms with Gasteiger partial charge in [-0.15, -0.1) is 0 Å². The number of halogens is 1. The van der Waals surface area contributed by atoms with E-state index in [1.54, 1.807) is 18.2 Å². The molecule has 1 aliphatic heterocycles. The Hall–Kier alpha value is -1.95. The second-order valence-corrected chi connectivity index (χ2v) is 7.14. The predicted octanol–water partition coefficient (Wildman–Crippen LogP) is 2.49. The first kappa shape index (κ1) is 17.9. The molecular weight excluding hydrogens is 321 g/mol. The zero-order chi connectivity index (χ0) is 17.8. The molecule has 1 aromatic carbocycles. The summed E-state index contributed by atoms with van der Waals surface area (Å²) in [6, 6.07) is 6.32. The van der Waals surface area contributed by atoms with Gasteiger partial charge in [-0.3, -0.25) is 14.5 Å². The van der Waals surface area contributed by atoms with Crippen molar-refractivity contribution in [2.45, 2.75) is 38.1 Å². The van der Waals surface area contributed by atoms with Crippen LogP contribution in [0.25, 0.3) is 0 Å². The van der Waals surface area contributed by atoms with E-state index in [-0.39, 0.29) is 36.0 Å². The minimum Gasteiger partial charge on any atom is -0.341 e. The maximum Gasteiger partial charge on any atom is 0.238 e. The first-order valence-electron chi connectivity index (χ1n) is 9.08. The quantitative estimate of drug-likeness (QED) is 0.890. The molecule has 3 rings (SSSR count). The van der Waals surface area contributed by atoms with Gasteiger partial charge in [0.25, 0.3) is 0 Å². The summed E-state index contributed by atoms with van der Waals surface area (Å²) in [5.74, 6) is -0.212. The molecular formula is C19H26FN3O2. The third-order valence-electron chi connectivity index (χ3n) is 5.35. The van der Waals surface area contributed by atoms with Crippen molar-refractivity contribution in [3.8, 4) is 0 Å². The van der Waals surface area contributed by atoms with Gasteiger partial charge in [0.05, 0.1) is 12.2 Å². The number of para-hydroxylation sites is 1. The molecule has 1 atom stereocenters. The van der Waals surface area contributed by atoms with Crippen molar-refractivity contribution < 1.29 is 14.0 Å². The molecule has 136 valence electrons. The van der Waals surface area contributed by atoms with Gasteiger partial charge in [-0.05, 0) is 44.4 Å². The summed E-state index contributed by atoms with van der Waals surface area (Å²) in [7, 11) is 1.88. The molecule has 6 heteroatoms. The number of hydrogen-bond donors (Lipinski definition) is 1. The fraction of sp³-hybridized carbons (Fsp3) is 0.579. The third-order valence-corrected chi connectivity index (χ3v) is 5.35. The zero-order valence-corrected chi connectivity index (χ0v) is 14.7. The van der Waals surface area contributed by atoms with Gasteiger partial charge in [0.2, 0.25) is 11.8 Å². The molecule has 2 amide bonds. The molecule has 5 nitrogen and oxygen atoms in total. The summed E-state index contributed by atoms with van der Waals surface area (Å²) in [5, 5.41) is 2.62. The molecule has 2 fully saturated rings. The second kappa shape index (κ2) is 7.95. The van der Waals surface area contributed by atoms with Gasteiger partial charge < -0.3 is 10.2 Å². The molecule has 0 spiro atoms. The minimum atomic E-state index is -0.432. The van der Waals surface area contributed by atoms with Crippen molar-refractivity contribution in [2.75, 3.05) is 32.0 Å². The third kappa shape index (κ3) is 4.37. The lowest BCUT2D eigenvalue weighted by Crippen LogP contribution is -2.51. The SMILES string of the molecule is CN(C(=O)C1CCC1)C1CCCN(CC(=O)Nc2ccccc2F)C1. The minimum absolute atomic E-state index is 0.156. The van der Waals surface area contributed by atoms with E-state index in [1.807, 2.05) is 11.9 Å². The Bertz CT molecular complexity index is 633. The van der Waals surface area contributed by atoms with Gasteiger partial charge in [-0.25, -0.2) is 4.39 Å². The Morgan fingerprint density at radius 3 is 2.68 bits per heavy atom. The van der Waals surface area contributed by atoms with Crippen LogP contribution >= 0.6 is 0 Å². The molecule has 1 unspecified atom stereocenters. The lowest BCUT2D eigenvalue weighted by Gasteiger charge is -2.39. The number of anilines is 1. The number of benzene rings is 1. The topological polar surface area (TPSA) is 52.7 Å². The Labute approximate surface area is 148 Å². The van der Waals surface area contributed by atoms with Crippen molar-refractivity contribution in [3.05, 3.63) is 30.1 Å². The van der Waals surface area contributed by atoms with Crippen molar-refractivity contribution in [2.24, 2.45) is 5.92 Å². The molecule has 0 radical (unpaired) electrons. The number of rotatable bonds is 5. The summed E-state index contributed by atoms with van der Waals surface area (Å²) in [5.41, 5.74) is 0.207. The maximum absolute atomic E-state index is 13.6. The molecule has 0 bridgehead atoms. The standard InChI is InChI=1S/C19H26FN3O2/c1-22(19(25)14-6-4-7-14)15-8-5-11-23(12-15)13-18(24)21-17-10-3-2-9-16(17)20/h2-3,9-10,14-15H,4-8,11-13H2,1H3,(H,21,24). The summed E-state index contributed by atoms with van der Waals surface area (Å²) in [6.07, 6.45) is 5.09. The van der Waals surface area contributed by atoms with Gasteiger partial charge in [-0.1, -0.05) is 18.6 Å². The number of carbonyl (C=O) groups excluding carboxylic acids is 2. The van der Waals surface area contributed by atoms with Crippen LogP contribution in [0.2, 0.25) is 0 Å². The highest BCUT2D eigenvalue weighted by molar-refractivity contribution is 5.92. The van der Waals surface area contributed by atoms with Crippen molar-refractivity contribution in [3.63, 3.8) is 0 Å². The molecule has 1 heterocycles. The van der Waals surface area contributed by atoms with Crippen LogP contribution < -0.4 is 5.32 Å². The van der Waals surface area contributed by atoms with Gasteiger partial charge in [0, 0.05) is 25.6 Å². The number of hydrogen-bond acceptors (Lipinski definition) is 3. The summed E-state index contributed by atoms with van der Waals surface area (Å²) in [4.78, 5) is 28.6. The highest BCUT2D eigenvalue weighted by Gasteiger charge is 2.33. The normalized spacial score (nSPS) is 21.4. The van der Waals surface area contributed by atoms with Crippen LogP contribution in [0.3, 0.4) is 0 Å². The highest BCUT2D eigenvalue weighted by atomic mass is 19.1. The first-order valence-corrected chi connectivity index (χ1v) is 9.08. The molecule has 1 saturated carbocycles.